The van der Waals surface area contributed by atoms with Gasteiger partial charge in [0.1, 0.15) is 24.0 Å². The van der Waals surface area contributed by atoms with E-state index in [4.69, 9.17) is 9.84 Å². The van der Waals surface area contributed by atoms with Gasteiger partial charge in [0.2, 0.25) is 0 Å². The van der Waals surface area contributed by atoms with Gasteiger partial charge < -0.3 is 24.6 Å². The van der Waals surface area contributed by atoms with Crippen LogP contribution in [0.5, 0.6) is 0 Å². The van der Waals surface area contributed by atoms with Crippen molar-refractivity contribution >= 4 is 11.0 Å². The summed E-state index contributed by atoms with van der Waals surface area (Å²) < 4.78 is 20.2. The van der Waals surface area contributed by atoms with Crippen molar-refractivity contribution in [2.75, 3.05) is 6.61 Å². The van der Waals surface area contributed by atoms with E-state index < -0.39 is 37.2 Å². The van der Waals surface area contributed by atoms with Crippen molar-refractivity contribution in [2.24, 2.45) is 0 Å². The number of ether oxygens (including phenoxy) is 1. The van der Waals surface area contributed by atoms with E-state index in [0.29, 0.717) is 11.1 Å². The van der Waals surface area contributed by atoms with E-state index in [0.717, 1.165) is 0 Å². The van der Waals surface area contributed by atoms with E-state index >= 15 is 0 Å². The van der Waals surface area contributed by atoms with Crippen LogP contribution in [0.2, 0.25) is 0 Å². The van der Waals surface area contributed by atoms with Crippen molar-refractivity contribution in [3.05, 3.63) is 24.0 Å². The molecule has 2 unspecified atom stereocenters. The maximum atomic E-state index is 13.3. The number of aliphatic hydroxyl groups is 3. The molecular weight excluding hydrogens is 269 g/mol. The summed E-state index contributed by atoms with van der Waals surface area (Å²) in [6.07, 6.45) is -3.57. The number of aliphatic hydroxyl groups excluding tert-OH is 3. The molecule has 1 aliphatic rings. The average molecular weight is 283 g/mol. The molecule has 2 aromatic heterocycles. The van der Waals surface area contributed by atoms with Gasteiger partial charge in [0.25, 0.3) is 0 Å². The van der Waals surface area contributed by atoms with Crippen LogP contribution in [0, 0.1) is 13.0 Å². The molecule has 7 nitrogen and oxygen atoms in total. The zero-order valence-corrected chi connectivity index (χ0v) is 10.6. The molecule has 0 spiro atoms. The van der Waals surface area contributed by atoms with Crippen LogP contribution in [-0.4, -0.2) is 54.8 Å². The molecule has 1 fully saturated rings. The van der Waals surface area contributed by atoms with E-state index in [-0.39, 0.29) is 5.65 Å². The topological polar surface area (TPSA) is 101 Å². The Bertz CT molecular complexity index is 647. The second kappa shape index (κ2) is 4.74. The molecule has 1 saturated heterocycles. The third-order valence-electron chi connectivity index (χ3n) is 3.53. The van der Waals surface area contributed by atoms with E-state index in [9.17, 15) is 14.6 Å². The molecule has 4 atom stereocenters. The highest BCUT2D eigenvalue weighted by atomic mass is 19.1. The summed E-state index contributed by atoms with van der Waals surface area (Å²) >= 11 is 0. The molecule has 2 aromatic rings. The first-order valence-electron chi connectivity index (χ1n) is 6.16. The zero-order valence-electron chi connectivity index (χ0n) is 10.6. The zero-order chi connectivity index (χ0) is 14.4. The second-order valence-electron chi connectivity index (χ2n) is 4.77. The standard InChI is InChI=1S/C12H14FN3O4/c1-5-6-2-3-16(10(6)15-12(13)14-5)11-9(19)8(18)7(4-17)20-11/h2-3,7-9,11,17-19H,4H2,1H3/t7-,8?,9?,11-/m1/s1. The summed E-state index contributed by atoms with van der Waals surface area (Å²) in [5, 5.41) is 29.4. The van der Waals surface area contributed by atoms with Gasteiger partial charge in [-0.15, -0.1) is 0 Å². The van der Waals surface area contributed by atoms with Crippen LogP contribution >= 0.6 is 0 Å². The molecular formula is C12H14FN3O4. The fraction of sp³-hybridized carbons (Fsp3) is 0.500. The van der Waals surface area contributed by atoms with Gasteiger partial charge in [-0.2, -0.15) is 9.37 Å². The predicted molar refractivity (Wildman–Crippen MR) is 65.2 cm³/mol. The molecule has 3 rings (SSSR count). The Morgan fingerprint density at radius 2 is 2.10 bits per heavy atom. The van der Waals surface area contributed by atoms with Crippen LogP contribution in [0.3, 0.4) is 0 Å². The summed E-state index contributed by atoms with van der Waals surface area (Å²) in [5.74, 6) is 0. The number of aryl methyl sites for hydroxylation is 1. The third-order valence-corrected chi connectivity index (χ3v) is 3.53. The molecule has 8 heteroatoms. The first kappa shape index (κ1) is 13.4. The highest BCUT2D eigenvalue weighted by molar-refractivity contribution is 5.78. The minimum absolute atomic E-state index is 0.268. The number of aromatic nitrogens is 3. The lowest BCUT2D eigenvalue weighted by Gasteiger charge is -2.17. The highest BCUT2D eigenvalue weighted by Gasteiger charge is 2.43. The largest absolute Gasteiger partial charge is 0.394 e. The summed E-state index contributed by atoms with van der Waals surface area (Å²) in [4.78, 5) is 7.32. The molecule has 0 aliphatic carbocycles. The molecule has 0 bridgehead atoms. The smallest absolute Gasteiger partial charge is 0.310 e. The first-order valence-corrected chi connectivity index (χ1v) is 6.16. The minimum atomic E-state index is -1.24. The number of halogens is 1. The van der Waals surface area contributed by atoms with E-state index in [1.54, 1.807) is 19.2 Å². The normalized spacial score (nSPS) is 30.2. The minimum Gasteiger partial charge on any atom is -0.394 e. The van der Waals surface area contributed by atoms with Crippen LogP contribution in [0.25, 0.3) is 11.0 Å². The number of nitrogens with zero attached hydrogens (tertiary/aromatic N) is 3. The van der Waals surface area contributed by atoms with Gasteiger partial charge >= 0.3 is 6.08 Å². The van der Waals surface area contributed by atoms with Crippen LogP contribution in [-0.2, 0) is 4.74 Å². The molecule has 20 heavy (non-hydrogen) atoms. The fourth-order valence-electron chi connectivity index (χ4n) is 2.47. The van der Waals surface area contributed by atoms with Gasteiger partial charge in [-0.1, -0.05) is 0 Å². The van der Waals surface area contributed by atoms with Crippen molar-refractivity contribution in [1.29, 1.82) is 0 Å². The number of fused-ring (bicyclic) bond motifs is 1. The van der Waals surface area contributed by atoms with Crippen molar-refractivity contribution in [3.63, 3.8) is 0 Å². The lowest BCUT2D eigenvalue weighted by molar-refractivity contribution is -0.0509. The van der Waals surface area contributed by atoms with Gasteiger partial charge in [0.05, 0.1) is 12.3 Å². The molecule has 0 amide bonds. The second-order valence-corrected chi connectivity index (χ2v) is 4.77. The molecule has 0 saturated carbocycles. The van der Waals surface area contributed by atoms with Gasteiger partial charge in [-0.05, 0) is 13.0 Å². The van der Waals surface area contributed by atoms with E-state index in [2.05, 4.69) is 9.97 Å². The predicted octanol–water partition coefficient (Wildman–Crippen LogP) is -0.510. The Morgan fingerprint density at radius 3 is 2.75 bits per heavy atom. The summed E-state index contributed by atoms with van der Waals surface area (Å²) in [5.41, 5.74) is 0.739. The van der Waals surface area contributed by atoms with Crippen LogP contribution in [0.4, 0.5) is 4.39 Å². The summed E-state index contributed by atoms with van der Waals surface area (Å²) in [7, 11) is 0. The molecule has 0 radical (unpaired) electrons. The Kier molecular flexibility index (Phi) is 3.17. The van der Waals surface area contributed by atoms with E-state index in [1.807, 2.05) is 0 Å². The van der Waals surface area contributed by atoms with Gasteiger partial charge in [0, 0.05) is 11.6 Å². The Balaban J connectivity index is 2.07. The number of rotatable bonds is 2. The van der Waals surface area contributed by atoms with Crippen molar-refractivity contribution in [2.45, 2.75) is 31.5 Å². The summed E-state index contributed by atoms with van der Waals surface area (Å²) in [6, 6.07) is 1.68. The highest BCUT2D eigenvalue weighted by Crippen LogP contribution is 2.32. The molecule has 3 heterocycles. The van der Waals surface area contributed by atoms with Gasteiger partial charge in [-0.3, -0.25) is 0 Å². The van der Waals surface area contributed by atoms with Crippen LogP contribution in [0.1, 0.15) is 11.9 Å². The Labute approximate surface area is 113 Å². The fourth-order valence-corrected chi connectivity index (χ4v) is 2.47. The molecule has 3 N–H and O–H groups in total. The quantitative estimate of drug-likeness (QED) is 0.642. The third kappa shape index (κ3) is 1.88. The van der Waals surface area contributed by atoms with Crippen LogP contribution in [0.15, 0.2) is 12.3 Å². The molecule has 0 aromatic carbocycles. The Morgan fingerprint density at radius 1 is 1.35 bits per heavy atom. The average Bonchev–Trinajstić information content (AvgIpc) is 2.93. The van der Waals surface area contributed by atoms with Gasteiger partial charge in [-0.25, -0.2) is 4.98 Å². The van der Waals surface area contributed by atoms with Gasteiger partial charge in [0.15, 0.2) is 6.23 Å². The van der Waals surface area contributed by atoms with Crippen molar-refractivity contribution in [1.82, 2.24) is 14.5 Å². The molecule has 108 valence electrons. The summed E-state index contributed by atoms with van der Waals surface area (Å²) in [6.45, 7) is 1.23. The van der Waals surface area contributed by atoms with Crippen molar-refractivity contribution in [3.8, 4) is 0 Å². The lowest BCUT2D eigenvalue weighted by Crippen LogP contribution is -2.33. The number of hydrogen-bond donors (Lipinski definition) is 3. The monoisotopic (exact) mass is 283 g/mol. The van der Waals surface area contributed by atoms with E-state index in [1.165, 1.54) is 4.57 Å². The van der Waals surface area contributed by atoms with Crippen molar-refractivity contribution < 1.29 is 24.4 Å². The maximum Gasteiger partial charge on any atom is 0.310 e. The SMILES string of the molecule is Cc1nc(F)nc2c1ccn2[C@@H]1O[C@H](CO)C(O)C1O. The number of hydrogen-bond acceptors (Lipinski definition) is 6. The molecule has 1 aliphatic heterocycles. The lowest BCUT2D eigenvalue weighted by atomic mass is 10.1. The Hall–Kier alpha value is -1.61. The maximum absolute atomic E-state index is 13.3. The van der Waals surface area contributed by atoms with Crippen LogP contribution < -0.4 is 0 Å². The first-order chi connectivity index (χ1) is 9.52.